The molecule has 0 aliphatic heterocycles. The Hall–Kier alpha value is -2.21. The van der Waals surface area contributed by atoms with E-state index in [9.17, 15) is 19.1 Å². The summed E-state index contributed by atoms with van der Waals surface area (Å²) in [7, 11) is 0. The van der Waals surface area contributed by atoms with Crippen LogP contribution in [-0.2, 0) is 12.8 Å². The first kappa shape index (κ1) is 14.2. The largest absolute Gasteiger partial charge is 0.389 e. The van der Waals surface area contributed by atoms with Crippen molar-refractivity contribution in [1.29, 1.82) is 0 Å². The smallest absolute Gasteiger partial charge is 0.313 e. The number of nitrogens with one attached hydrogen (secondary N) is 2. The Labute approximate surface area is 114 Å². The third-order valence-electron chi connectivity index (χ3n) is 3.06. The molecule has 0 fully saturated rings. The molecule has 1 aromatic heterocycles. The highest BCUT2D eigenvalue weighted by Crippen LogP contribution is 2.18. The first-order valence-electron chi connectivity index (χ1n) is 6.24. The summed E-state index contributed by atoms with van der Waals surface area (Å²) in [6.45, 7) is 1.50. The molecule has 0 spiro atoms. The van der Waals surface area contributed by atoms with Gasteiger partial charge in [0.05, 0.1) is 6.10 Å². The highest BCUT2D eigenvalue weighted by Gasteiger charge is 2.08. The Morgan fingerprint density at radius 2 is 2.00 bits per heavy atom. The van der Waals surface area contributed by atoms with Gasteiger partial charge in [-0.2, -0.15) is 0 Å². The predicted octanol–water partition coefficient (Wildman–Crippen LogP) is 1.04. The summed E-state index contributed by atoms with van der Waals surface area (Å²) in [5.74, 6) is -0.451. The first-order valence-corrected chi connectivity index (χ1v) is 6.24. The molecule has 1 heterocycles. The van der Waals surface area contributed by atoms with Crippen LogP contribution in [0.25, 0.3) is 0 Å². The van der Waals surface area contributed by atoms with Gasteiger partial charge in [-0.3, -0.25) is 9.59 Å². The topological polar surface area (TPSA) is 85.9 Å². The van der Waals surface area contributed by atoms with E-state index in [1.807, 2.05) is 0 Å². The Morgan fingerprint density at radius 3 is 2.60 bits per heavy atom. The molecule has 20 heavy (non-hydrogen) atoms. The van der Waals surface area contributed by atoms with E-state index in [-0.39, 0.29) is 5.56 Å². The standard InChI is InChI=1S/C14H15FN2O3/c1-8(18)11-5-3-9(6-12(11)15)2-4-10-7-16-13(19)14(20)17-10/h3,5-8,18H,2,4H2,1H3,(H,16,19)(H,17,20). The van der Waals surface area contributed by atoms with Gasteiger partial charge in [-0.1, -0.05) is 12.1 Å². The minimum Gasteiger partial charge on any atom is -0.389 e. The fraction of sp³-hybridized carbons (Fsp3) is 0.286. The van der Waals surface area contributed by atoms with Gasteiger partial charge >= 0.3 is 11.1 Å². The molecule has 1 atom stereocenters. The molecular weight excluding hydrogens is 263 g/mol. The number of rotatable bonds is 4. The summed E-state index contributed by atoms with van der Waals surface area (Å²) < 4.78 is 13.7. The van der Waals surface area contributed by atoms with Crippen LogP contribution in [0.1, 0.15) is 29.8 Å². The number of H-pyrrole nitrogens is 2. The van der Waals surface area contributed by atoms with Crippen molar-refractivity contribution < 1.29 is 9.50 Å². The normalized spacial score (nSPS) is 12.3. The first-order chi connectivity index (χ1) is 9.47. The summed E-state index contributed by atoms with van der Waals surface area (Å²) >= 11 is 0. The molecule has 0 bridgehead atoms. The quantitative estimate of drug-likeness (QED) is 0.730. The molecule has 0 aliphatic carbocycles. The van der Waals surface area contributed by atoms with E-state index in [0.29, 0.717) is 18.5 Å². The number of aliphatic hydroxyl groups is 1. The van der Waals surface area contributed by atoms with Gasteiger partial charge in [-0.05, 0) is 31.4 Å². The number of benzene rings is 1. The van der Waals surface area contributed by atoms with Crippen molar-refractivity contribution in [2.45, 2.75) is 25.9 Å². The lowest BCUT2D eigenvalue weighted by Crippen LogP contribution is -2.29. The lowest BCUT2D eigenvalue weighted by atomic mass is 10.0. The molecule has 0 saturated heterocycles. The second-order valence-electron chi connectivity index (χ2n) is 4.63. The molecule has 5 nitrogen and oxygen atoms in total. The number of aliphatic hydroxyl groups excluding tert-OH is 1. The van der Waals surface area contributed by atoms with Crippen LogP contribution in [0.4, 0.5) is 4.39 Å². The summed E-state index contributed by atoms with van der Waals surface area (Å²) in [4.78, 5) is 26.8. The zero-order chi connectivity index (χ0) is 14.7. The van der Waals surface area contributed by atoms with Crippen LogP contribution >= 0.6 is 0 Å². The number of hydrogen-bond donors (Lipinski definition) is 3. The molecule has 0 radical (unpaired) electrons. The maximum Gasteiger partial charge on any atom is 0.313 e. The maximum absolute atomic E-state index is 13.7. The van der Waals surface area contributed by atoms with Crippen LogP contribution in [0.15, 0.2) is 34.0 Å². The summed E-state index contributed by atoms with van der Waals surface area (Å²) in [6, 6.07) is 4.64. The minimum absolute atomic E-state index is 0.256. The van der Waals surface area contributed by atoms with E-state index in [2.05, 4.69) is 9.97 Å². The molecule has 2 aromatic rings. The van der Waals surface area contributed by atoms with Crippen molar-refractivity contribution >= 4 is 0 Å². The van der Waals surface area contributed by atoms with Gasteiger partial charge in [-0.15, -0.1) is 0 Å². The van der Waals surface area contributed by atoms with Gasteiger partial charge in [0.1, 0.15) is 5.82 Å². The summed E-state index contributed by atoms with van der Waals surface area (Å²) in [6.07, 6.45) is 1.57. The number of hydrogen-bond acceptors (Lipinski definition) is 3. The van der Waals surface area contributed by atoms with E-state index in [1.165, 1.54) is 19.2 Å². The van der Waals surface area contributed by atoms with Crippen LogP contribution in [0.5, 0.6) is 0 Å². The molecule has 6 heteroatoms. The van der Waals surface area contributed by atoms with Crippen LogP contribution in [-0.4, -0.2) is 15.1 Å². The number of halogens is 1. The van der Waals surface area contributed by atoms with Gasteiger partial charge in [-0.25, -0.2) is 4.39 Å². The van der Waals surface area contributed by atoms with Crippen molar-refractivity contribution in [2.24, 2.45) is 0 Å². The molecular formula is C14H15FN2O3. The molecule has 1 unspecified atom stereocenters. The van der Waals surface area contributed by atoms with E-state index < -0.39 is 23.0 Å². The molecule has 2 rings (SSSR count). The van der Waals surface area contributed by atoms with Gasteiger partial charge in [0.25, 0.3) is 0 Å². The van der Waals surface area contributed by atoms with Gasteiger partial charge in [0.15, 0.2) is 0 Å². The van der Waals surface area contributed by atoms with Crippen LogP contribution in [0.2, 0.25) is 0 Å². The molecule has 0 aliphatic rings. The average molecular weight is 278 g/mol. The Kier molecular flexibility index (Phi) is 4.14. The lowest BCUT2D eigenvalue weighted by Gasteiger charge is -2.08. The highest BCUT2D eigenvalue weighted by atomic mass is 19.1. The van der Waals surface area contributed by atoms with E-state index in [1.54, 1.807) is 12.1 Å². The van der Waals surface area contributed by atoms with Crippen molar-refractivity contribution in [3.63, 3.8) is 0 Å². The zero-order valence-electron chi connectivity index (χ0n) is 10.9. The SMILES string of the molecule is CC(O)c1ccc(CCc2c[nH]c(=O)c(=O)[nH]2)cc1F. The van der Waals surface area contributed by atoms with Crippen molar-refractivity contribution in [3.8, 4) is 0 Å². The summed E-state index contributed by atoms with van der Waals surface area (Å²) in [5.41, 5.74) is 0.193. The number of aromatic amines is 2. The zero-order valence-corrected chi connectivity index (χ0v) is 10.9. The molecule has 0 amide bonds. The number of aromatic nitrogens is 2. The van der Waals surface area contributed by atoms with Gasteiger partial charge in [0.2, 0.25) is 0 Å². The predicted molar refractivity (Wildman–Crippen MR) is 72.1 cm³/mol. The monoisotopic (exact) mass is 278 g/mol. The van der Waals surface area contributed by atoms with Crippen LogP contribution in [0.3, 0.4) is 0 Å². The minimum atomic E-state index is -0.848. The Bertz CT molecular complexity index is 719. The molecule has 0 saturated carbocycles. The van der Waals surface area contributed by atoms with Crippen molar-refractivity contribution in [2.75, 3.05) is 0 Å². The molecule has 1 aromatic carbocycles. The third-order valence-corrected chi connectivity index (χ3v) is 3.06. The van der Waals surface area contributed by atoms with Gasteiger partial charge < -0.3 is 15.1 Å². The average Bonchev–Trinajstić information content (AvgIpc) is 2.40. The van der Waals surface area contributed by atoms with Crippen molar-refractivity contribution in [1.82, 2.24) is 9.97 Å². The molecule has 106 valence electrons. The maximum atomic E-state index is 13.7. The van der Waals surface area contributed by atoms with E-state index >= 15 is 0 Å². The third kappa shape index (κ3) is 3.21. The van der Waals surface area contributed by atoms with Crippen molar-refractivity contribution in [3.05, 3.63) is 67.7 Å². The lowest BCUT2D eigenvalue weighted by molar-refractivity contribution is 0.194. The van der Waals surface area contributed by atoms with E-state index in [4.69, 9.17) is 0 Å². The number of aryl methyl sites for hydroxylation is 2. The van der Waals surface area contributed by atoms with Crippen LogP contribution in [0, 0.1) is 5.82 Å². The fourth-order valence-electron chi connectivity index (χ4n) is 1.94. The molecule has 3 N–H and O–H groups in total. The van der Waals surface area contributed by atoms with E-state index in [0.717, 1.165) is 5.56 Å². The Balaban J connectivity index is 2.11. The van der Waals surface area contributed by atoms with Gasteiger partial charge in [0, 0.05) is 17.5 Å². The second-order valence-corrected chi connectivity index (χ2v) is 4.63. The van der Waals surface area contributed by atoms with Crippen LogP contribution < -0.4 is 11.1 Å². The Morgan fingerprint density at radius 1 is 1.25 bits per heavy atom. The fourth-order valence-corrected chi connectivity index (χ4v) is 1.94. The second kappa shape index (κ2) is 5.83. The summed E-state index contributed by atoms with van der Waals surface area (Å²) in [5, 5.41) is 9.35. The highest BCUT2D eigenvalue weighted by molar-refractivity contribution is 5.26.